The summed E-state index contributed by atoms with van der Waals surface area (Å²) in [5.41, 5.74) is 1.15. The second-order valence-electron chi connectivity index (χ2n) is 6.23. The number of aliphatic hydroxyl groups is 1. The lowest BCUT2D eigenvalue weighted by Crippen LogP contribution is -2.16. The summed E-state index contributed by atoms with van der Waals surface area (Å²) in [5.74, 6) is -1.17. The summed E-state index contributed by atoms with van der Waals surface area (Å²) in [6.07, 6.45) is 0.0176. The number of benzene rings is 3. The van der Waals surface area contributed by atoms with Crippen molar-refractivity contribution >= 4 is 51.5 Å². The van der Waals surface area contributed by atoms with Crippen LogP contribution in [0.15, 0.2) is 48.5 Å². The highest BCUT2D eigenvalue weighted by atomic mass is 35.5. The lowest BCUT2D eigenvalue weighted by molar-refractivity contribution is -0.116. The number of carboxylic acids is 1. The summed E-state index contributed by atoms with van der Waals surface area (Å²) in [6.45, 7) is -0.188. The van der Waals surface area contributed by atoms with E-state index in [-0.39, 0.29) is 36.9 Å². The highest BCUT2D eigenvalue weighted by Gasteiger charge is 2.14. The van der Waals surface area contributed by atoms with Crippen molar-refractivity contribution in [3.63, 3.8) is 0 Å². The maximum Gasteiger partial charge on any atom is 0.335 e. The number of carboxylic acid groups (broad SMARTS) is 1. The van der Waals surface area contributed by atoms with Crippen molar-refractivity contribution in [3.8, 4) is 5.75 Å². The predicted octanol–water partition coefficient (Wildman–Crippen LogP) is 4.74. The molecule has 0 aliphatic heterocycles. The number of aliphatic hydroxyl groups excluding tert-OH is 1. The number of carbonyl (C=O) groups excluding carboxylic acids is 1. The van der Waals surface area contributed by atoms with Crippen LogP contribution >= 0.6 is 23.2 Å². The molecule has 150 valence electrons. The van der Waals surface area contributed by atoms with Crippen LogP contribution in [0.25, 0.3) is 10.8 Å². The van der Waals surface area contributed by atoms with Gasteiger partial charge in [0, 0.05) is 21.7 Å². The minimum absolute atomic E-state index is 0.00422. The standard InChI is InChI=1S/C21H17Cl2NO5/c22-15-8-13-7-14(21(27)28)9-18(20(13)16(23)10-15)29-6-5-19(26)24-17-4-2-1-3-12(17)11-25/h1-4,7-10,25H,5-6,11H2,(H,24,26)(H,27,28). The van der Waals surface area contributed by atoms with Gasteiger partial charge < -0.3 is 20.3 Å². The molecule has 0 radical (unpaired) electrons. The third-order valence-electron chi connectivity index (χ3n) is 4.22. The number of para-hydroxylation sites is 1. The Morgan fingerprint density at radius 2 is 1.83 bits per heavy atom. The molecule has 3 rings (SSSR count). The van der Waals surface area contributed by atoms with Crippen LogP contribution < -0.4 is 10.1 Å². The predicted molar refractivity (Wildman–Crippen MR) is 112 cm³/mol. The highest BCUT2D eigenvalue weighted by molar-refractivity contribution is 6.39. The third kappa shape index (κ3) is 4.98. The van der Waals surface area contributed by atoms with E-state index in [9.17, 15) is 19.8 Å². The fraction of sp³-hybridized carbons (Fsp3) is 0.143. The number of aromatic carboxylic acids is 1. The second-order valence-corrected chi connectivity index (χ2v) is 7.07. The Kier molecular flexibility index (Phi) is 6.59. The Morgan fingerprint density at radius 1 is 1.07 bits per heavy atom. The van der Waals surface area contributed by atoms with E-state index in [0.29, 0.717) is 32.1 Å². The Bertz CT molecular complexity index is 1080. The van der Waals surface area contributed by atoms with Crippen LogP contribution in [-0.2, 0) is 11.4 Å². The van der Waals surface area contributed by atoms with E-state index in [0.717, 1.165) is 0 Å². The van der Waals surface area contributed by atoms with Crippen LogP contribution in [0, 0.1) is 0 Å². The van der Waals surface area contributed by atoms with Gasteiger partial charge >= 0.3 is 5.97 Å². The first kappa shape index (κ1) is 20.9. The number of carbonyl (C=O) groups is 2. The van der Waals surface area contributed by atoms with Crippen molar-refractivity contribution in [2.75, 3.05) is 11.9 Å². The van der Waals surface area contributed by atoms with Gasteiger partial charge in [0.1, 0.15) is 5.75 Å². The van der Waals surface area contributed by atoms with Gasteiger partial charge in [-0.25, -0.2) is 4.79 Å². The number of rotatable bonds is 7. The molecule has 8 heteroatoms. The molecule has 0 saturated carbocycles. The molecule has 0 bridgehead atoms. The number of nitrogens with one attached hydrogen (secondary N) is 1. The fourth-order valence-electron chi connectivity index (χ4n) is 2.87. The largest absolute Gasteiger partial charge is 0.492 e. The second kappa shape index (κ2) is 9.13. The molecule has 0 fully saturated rings. The molecule has 0 aliphatic carbocycles. The van der Waals surface area contributed by atoms with Crippen molar-refractivity contribution in [2.45, 2.75) is 13.0 Å². The minimum atomic E-state index is -1.12. The summed E-state index contributed by atoms with van der Waals surface area (Å²) >= 11 is 12.3. The Balaban J connectivity index is 1.76. The average molecular weight is 434 g/mol. The number of hydrogen-bond donors (Lipinski definition) is 3. The Hall–Kier alpha value is -2.80. The molecule has 3 aromatic carbocycles. The number of ether oxygens (including phenoxy) is 1. The minimum Gasteiger partial charge on any atom is -0.492 e. The van der Waals surface area contributed by atoms with Crippen LogP contribution in [0.4, 0.5) is 5.69 Å². The third-order valence-corrected chi connectivity index (χ3v) is 4.74. The zero-order valence-electron chi connectivity index (χ0n) is 15.1. The average Bonchev–Trinajstić information content (AvgIpc) is 2.67. The summed E-state index contributed by atoms with van der Waals surface area (Å²) < 4.78 is 5.69. The van der Waals surface area contributed by atoms with Crippen molar-refractivity contribution in [3.05, 3.63) is 69.7 Å². The topological polar surface area (TPSA) is 95.9 Å². The first-order valence-corrected chi connectivity index (χ1v) is 9.42. The summed E-state index contributed by atoms with van der Waals surface area (Å²) in [5, 5.41) is 23.1. The summed E-state index contributed by atoms with van der Waals surface area (Å²) in [6, 6.07) is 12.9. The molecule has 1 amide bonds. The monoisotopic (exact) mass is 433 g/mol. The van der Waals surface area contributed by atoms with E-state index >= 15 is 0 Å². The van der Waals surface area contributed by atoms with Gasteiger partial charge in [0.15, 0.2) is 0 Å². The maximum absolute atomic E-state index is 12.2. The van der Waals surface area contributed by atoms with E-state index < -0.39 is 5.97 Å². The highest BCUT2D eigenvalue weighted by Crippen LogP contribution is 2.36. The molecular weight excluding hydrogens is 417 g/mol. The smallest absolute Gasteiger partial charge is 0.335 e. The van der Waals surface area contributed by atoms with Crippen molar-refractivity contribution in [2.24, 2.45) is 0 Å². The van der Waals surface area contributed by atoms with E-state index in [2.05, 4.69) is 5.32 Å². The molecule has 29 heavy (non-hydrogen) atoms. The van der Waals surface area contributed by atoms with E-state index in [1.165, 1.54) is 18.2 Å². The molecule has 0 atom stereocenters. The van der Waals surface area contributed by atoms with Crippen LogP contribution in [0.5, 0.6) is 5.75 Å². The summed E-state index contributed by atoms with van der Waals surface area (Å²) in [7, 11) is 0. The van der Waals surface area contributed by atoms with E-state index in [1.54, 1.807) is 30.3 Å². The number of fused-ring (bicyclic) bond motifs is 1. The van der Waals surface area contributed by atoms with Gasteiger partial charge in [-0.2, -0.15) is 0 Å². The molecule has 0 aliphatic rings. The molecule has 0 unspecified atom stereocenters. The van der Waals surface area contributed by atoms with Crippen LogP contribution in [0.3, 0.4) is 0 Å². The number of hydrogen-bond acceptors (Lipinski definition) is 4. The number of anilines is 1. The van der Waals surface area contributed by atoms with Gasteiger partial charge in [0.25, 0.3) is 0 Å². The molecular formula is C21H17Cl2NO5. The maximum atomic E-state index is 12.2. The first-order valence-electron chi connectivity index (χ1n) is 8.66. The van der Waals surface area contributed by atoms with Crippen LogP contribution in [0.2, 0.25) is 10.0 Å². The first-order chi connectivity index (χ1) is 13.9. The quantitative estimate of drug-likeness (QED) is 0.499. The summed E-state index contributed by atoms with van der Waals surface area (Å²) in [4.78, 5) is 23.6. The number of amides is 1. The van der Waals surface area contributed by atoms with Gasteiger partial charge in [-0.1, -0.05) is 41.4 Å². The SMILES string of the molecule is O=C(CCOc1cc(C(=O)O)cc2cc(Cl)cc(Cl)c12)Nc1ccccc1CO. The number of halogens is 2. The molecule has 0 aromatic heterocycles. The van der Waals surface area contributed by atoms with Crippen molar-refractivity contribution in [1.29, 1.82) is 0 Å². The molecule has 0 saturated heterocycles. The Morgan fingerprint density at radius 3 is 2.55 bits per heavy atom. The molecule has 0 heterocycles. The molecule has 3 N–H and O–H groups in total. The van der Waals surface area contributed by atoms with Crippen molar-refractivity contribution < 1.29 is 24.5 Å². The van der Waals surface area contributed by atoms with Gasteiger partial charge in [-0.15, -0.1) is 0 Å². The van der Waals surface area contributed by atoms with Gasteiger partial charge in [0.2, 0.25) is 5.91 Å². The molecule has 3 aromatic rings. The Labute approximate surface area is 176 Å². The van der Waals surface area contributed by atoms with Crippen molar-refractivity contribution in [1.82, 2.24) is 0 Å². The lowest BCUT2D eigenvalue weighted by atomic mass is 10.1. The molecule has 6 nitrogen and oxygen atoms in total. The van der Waals surface area contributed by atoms with E-state index in [4.69, 9.17) is 27.9 Å². The molecule has 0 spiro atoms. The van der Waals surface area contributed by atoms with Crippen LogP contribution in [-0.4, -0.2) is 28.7 Å². The normalized spacial score (nSPS) is 10.7. The van der Waals surface area contributed by atoms with E-state index in [1.807, 2.05) is 0 Å². The lowest BCUT2D eigenvalue weighted by Gasteiger charge is -2.13. The van der Waals surface area contributed by atoms with Gasteiger partial charge in [-0.05, 0) is 35.7 Å². The zero-order chi connectivity index (χ0) is 21.0. The zero-order valence-corrected chi connectivity index (χ0v) is 16.6. The fourth-order valence-corrected chi connectivity index (χ4v) is 3.48. The van der Waals surface area contributed by atoms with Gasteiger partial charge in [0.05, 0.1) is 30.2 Å². The van der Waals surface area contributed by atoms with Gasteiger partial charge in [-0.3, -0.25) is 4.79 Å². The van der Waals surface area contributed by atoms with Crippen LogP contribution in [0.1, 0.15) is 22.3 Å².